The third kappa shape index (κ3) is 3.47. The quantitative estimate of drug-likeness (QED) is 0.795. The summed E-state index contributed by atoms with van der Waals surface area (Å²) in [7, 11) is 1.56. The molecule has 0 aliphatic rings. The molecule has 0 saturated carbocycles. The molecule has 0 radical (unpaired) electrons. The molecule has 0 aliphatic carbocycles. The Morgan fingerprint density at radius 3 is 2.65 bits per heavy atom. The van der Waals surface area contributed by atoms with Crippen LogP contribution in [0.3, 0.4) is 0 Å². The molecule has 0 unspecified atom stereocenters. The third-order valence-corrected chi connectivity index (χ3v) is 3.06. The van der Waals surface area contributed by atoms with Crippen LogP contribution in [0.15, 0.2) is 18.2 Å². The zero-order valence-electron chi connectivity index (χ0n) is 10.4. The maximum atomic E-state index is 13.0. The molecule has 0 N–H and O–H groups in total. The summed E-state index contributed by atoms with van der Waals surface area (Å²) in [6.07, 6.45) is -4.48. The van der Waals surface area contributed by atoms with E-state index in [-0.39, 0.29) is 18.2 Å². The summed E-state index contributed by atoms with van der Waals surface area (Å²) in [5.74, 6) is -0.0418. The zero-order chi connectivity index (χ0) is 14.8. The minimum Gasteiger partial charge on any atom is -0.485 e. The molecule has 0 fully saturated rings. The van der Waals surface area contributed by atoms with Crippen molar-refractivity contribution < 1.29 is 17.9 Å². The smallest absolute Gasteiger partial charge is 0.419 e. The van der Waals surface area contributed by atoms with Gasteiger partial charge in [0.2, 0.25) is 5.82 Å². The minimum atomic E-state index is -4.48. The predicted octanol–water partition coefficient (Wildman–Crippen LogP) is 2.70. The molecule has 20 heavy (non-hydrogen) atoms. The second-order valence-electron chi connectivity index (χ2n) is 3.95. The first-order chi connectivity index (χ1) is 9.40. The number of benzene rings is 1. The predicted molar refractivity (Wildman–Crippen MR) is 67.2 cm³/mol. The fraction of sp³-hybridized carbons (Fsp3) is 0.364. The Labute approximate surface area is 120 Å². The van der Waals surface area contributed by atoms with Gasteiger partial charge in [-0.3, -0.25) is 0 Å². The lowest BCUT2D eigenvalue weighted by Gasteiger charge is -2.14. The highest BCUT2D eigenvalue weighted by Gasteiger charge is 2.34. The first-order valence-electron chi connectivity index (χ1n) is 5.52. The van der Waals surface area contributed by atoms with Gasteiger partial charge in [-0.15, -0.1) is 10.2 Å². The number of nitrogens with zero attached hydrogens (tertiary/aromatic N) is 4. The van der Waals surface area contributed by atoms with Crippen LogP contribution in [-0.4, -0.2) is 20.2 Å². The Kier molecular flexibility index (Phi) is 4.26. The van der Waals surface area contributed by atoms with E-state index in [0.29, 0.717) is 10.9 Å². The molecule has 2 aromatic rings. The van der Waals surface area contributed by atoms with Crippen LogP contribution in [0.4, 0.5) is 13.2 Å². The summed E-state index contributed by atoms with van der Waals surface area (Å²) < 4.78 is 44.0. The second kappa shape index (κ2) is 5.78. The first kappa shape index (κ1) is 14.8. The number of tetrazole rings is 1. The number of halogens is 4. The normalized spacial score (nSPS) is 11.7. The molecule has 2 rings (SSSR count). The lowest BCUT2D eigenvalue weighted by molar-refractivity contribution is -0.139. The average Bonchev–Trinajstić information content (AvgIpc) is 2.81. The summed E-state index contributed by atoms with van der Waals surface area (Å²) in [6.45, 7) is -0.176. The molecule has 108 valence electrons. The SMILES string of the molecule is Cn1nnc(COc2ccc(CBr)cc2C(F)(F)F)n1. The number of alkyl halides is 4. The van der Waals surface area contributed by atoms with E-state index in [9.17, 15) is 13.2 Å². The summed E-state index contributed by atoms with van der Waals surface area (Å²) in [5, 5.41) is 11.4. The van der Waals surface area contributed by atoms with E-state index in [2.05, 4.69) is 31.3 Å². The van der Waals surface area contributed by atoms with Gasteiger partial charge in [0.15, 0.2) is 6.61 Å². The fourth-order valence-corrected chi connectivity index (χ4v) is 1.88. The van der Waals surface area contributed by atoms with Gasteiger partial charge in [0.1, 0.15) is 5.75 Å². The molecule has 0 aliphatic heterocycles. The number of ether oxygens (including phenoxy) is 1. The van der Waals surface area contributed by atoms with Crippen molar-refractivity contribution in [3.05, 3.63) is 35.2 Å². The number of rotatable bonds is 4. The van der Waals surface area contributed by atoms with Crippen molar-refractivity contribution in [3.63, 3.8) is 0 Å². The molecular weight excluding hydrogens is 341 g/mol. The van der Waals surface area contributed by atoms with Crippen LogP contribution < -0.4 is 4.74 Å². The number of aryl methyl sites for hydroxylation is 1. The molecular formula is C11H10BrF3N4O. The van der Waals surface area contributed by atoms with Gasteiger partial charge < -0.3 is 4.74 Å². The molecule has 5 nitrogen and oxygen atoms in total. The van der Waals surface area contributed by atoms with Gasteiger partial charge in [0.25, 0.3) is 0 Å². The first-order valence-corrected chi connectivity index (χ1v) is 6.64. The Bertz CT molecular complexity index is 600. The highest BCUT2D eigenvalue weighted by atomic mass is 79.9. The van der Waals surface area contributed by atoms with E-state index in [1.165, 1.54) is 10.9 Å². The Morgan fingerprint density at radius 2 is 2.10 bits per heavy atom. The Morgan fingerprint density at radius 1 is 1.35 bits per heavy atom. The molecule has 1 aromatic carbocycles. The van der Waals surface area contributed by atoms with Crippen molar-refractivity contribution in [2.24, 2.45) is 7.05 Å². The number of hydrogen-bond donors (Lipinski definition) is 0. The van der Waals surface area contributed by atoms with Crippen LogP contribution in [0.2, 0.25) is 0 Å². The van der Waals surface area contributed by atoms with Crippen LogP contribution in [-0.2, 0) is 25.2 Å². The van der Waals surface area contributed by atoms with Crippen LogP contribution in [0.5, 0.6) is 5.75 Å². The summed E-state index contributed by atoms with van der Waals surface area (Å²) in [6, 6.07) is 3.90. The van der Waals surface area contributed by atoms with Crippen LogP contribution in [0.25, 0.3) is 0 Å². The maximum Gasteiger partial charge on any atom is 0.419 e. The van der Waals surface area contributed by atoms with Gasteiger partial charge in [0, 0.05) is 5.33 Å². The van der Waals surface area contributed by atoms with Crippen LogP contribution in [0, 0.1) is 0 Å². The van der Waals surface area contributed by atoms with E-state index in [4.69, 9.17) is 4.74 Å². The largest absolute Gasteiger partial charge is 0.485 e. The van der Waals surface area contributed by atoms with Gasteiger partial charge in [0.05, 0.1) is 12.6 Å². The lowest BCUT2D eigenvalue weighted by atomic mass is 10.1. The summed E-state index contributed by atoms with van der Waals surface area (Å²) in [5.41, 5.74) is -0.305. The number of aromatic nitrogens is 4. The van der Waals surface area contributed by atoms with E-state index < -0.39 is 11.7 Å². The van der Waals surface area contributed by atoms with Gasteiger partial charge >= 0.3 is 6.18 Å². The molecule has 0 spiro atoms. The zero-order valence-corrected chi connectivity index (χ0v) is 11.9. The van der Waals surface area contributed by atoms with Crippen LogP contribution in [0.1, 0.15) is 17.0 Å². The van der Waals surface area contributed by atoms with Crippen LogP contribution >= 0.6 is 15.9 Å². The molecule has 1 heterocycles. The summed E-state index contributed by atoms with van der Waals surface area (Å²) >= 11 is 3.12. The van der Waals surface area contributed by atoms with E-state index in [1.807, 2.05) is 0 Å². The van der Waals surface area contributed by atoms with Gasteiger partial charge in [-0.05, 0) is 22.9 Å². The highest BCUT2D eigenvalue weighted by Crippen LogP contribution is 2.37. The van der Waals surface area contributed by atoms with Crippen molar-refractivity contribution in [3.8, 4) is 5.75 Å². The van der Waals surface area contributed by atoms with Crippen molar-refractivity contribution >= 4 is 15.9 Å². The standard InChI is InChI=1S/C11H10BrF3N4O/c1-19-17-10(16-18-19)6-20-9-3-2-7(5-12)4-8(9)11(13,14)15/h2-4H,5-6H2,1H3. The molecule has 0 amide bonds. The highest BCUT2D eigenvalue weighted by molar-refractivity contribution is 9.08. The molecule has 9 heteroatoms. The van der Waals surface area contributed by atoms with Crippen molar-refractivity contribution in [2.75, 3.05) is 0 Å². The van der Waals surface area contributed by atoms with E-state index in [1.54, 1.807) is 13.1 Å². The molecule has 1 aromatic heterocycles. The third-order valence-electron chi connectivity index (χ3n) is 2.41. The molecule has 0 bridgehead atoms. The van der Waals surface area contributed by atoms with Gasteiger partial charge in [-0.2, -0.15) is 18.0 Å². The fourth-order valence-electron chi connectivity index (χ4n) is 1.53. The lowest BCUT2D eigenvalue weighted by Crippen LogP contribution is -2.10. The Balaban J connectivity index is 2.22. The van der Waals surface area contributed by atoms with E-state index >= 15 is 0 Å². The minimum absolute atomic E-state index is 0.176. The van der Waals surface area contributed by atoms with Gasteiger partial charge in [-0.25, -0.2) is 0 Å². The van der Waals surface area contributed by atoms with Crippen molar-refractivity contribution in [2.45, 2.75) is 18.1 Å². The molecule has 0 atom stereocenters. The average molecular weight is 351 g/mol. The topological polar surface area (TPSA) is 52.8 Å². The van der Waals surface area contributed by atoms with Crippen molar-refractivity contribution in [1.29, 1.82) is 0 Å². The van der Waals surface area contributed by atoms with Crippen molar-refractivity contribution in [1.82, 2.24) is 20.2 Å². The summed E-state index contributed by atoms with van der Waals surface area (Å²) in [4.78, 5) is 1.21. The Hall–Kier alpha value is -1.64. The maximum absolute atomic E-state index is 13.0. The number of hydrogen-bond acceptors (Lipinski definition) is 4. The van der Waals surface area contributed by atoms with Gasteiger partial charge in [-0.1, -0.05) is 22.0 Å². The second-order valence-corrected chi connectivity index (χ2v) is 4.51. The molecule has 0 saturated heterocycles. The van der Waals surface area contributed by atoms with E-state index in [0.717, 1.165) is 6.07 Å². The monoisotopic (exact) mass is 350 g/mol.